The van der Waals surface area contributed by atoms with Gasteiger partial charge < -0.3 is 24.1 Å². The van der Waals surface area contributed by atoms with Gasteiger partial charge in [0.05, 0.1) is 35.8 Å². The number of benzene rings is 3. The van der Waals surface area contributed by atoms with Gasteiger partial charge in [0.2, 0.25) is 0 Å². The van der Waals surface area contributed by atoms with Crippen LogP contribution in [0.5, 0.6) is 17.2 Å². The number of rotatable bonds is 13. The average Bonchev–Trinajstić information content (AvgIpc) is 2.95. The molecule has 9 heteroatoms. The van der Waals surface area contributed by atoms with Crippen LogP contribution in [0.25, 0.3) is 0 Å². The van der Waals surface area contributed by atoms with Gasteiger partial charge in [0.1, 0.15) is 17.2 Å². The highest BCUT2D eigenvalue weighted by Gasteiger charge is 2.13. The summed E-state index contributed by atoms with van der Waals surface area (Å²) in [5, 5.41) is 8.93. The summed E-state index contributed by atoms with van der Waals surface area (Å²) in [6.07, 6.45) is 2.17. The van der Waals surface area contributed by atoms with E-state index in [-0.39, 0.29) is 34.5 Å². The van der Waals surface area contributed by atoms with Gasteiger partial charge in [-0.2, -0.15) is 0 Å². The minimum absolute atomic E-state index is 0.0802. The summed E-state index contributed by atoms with van der Waals surface area (Å²) in [4.78, 5) is 47.4. The van der Waals surface area contributed by atoms with Crippen LogP contribution in [0.2, 0.25) is 0 Å². The Hall–Kier alpha value is -4.66. The molecule has 0 saturated carbocycles. The smallest absolute Gasteiger partial charge is 0.343 e. The summed E-state index contributed by atoms with van der Waals surface area (Å²) in [6.45, 7) is 4.60. The van der Waals surface area contributed by atoms with Gasteiger partial charge in [0.15, 0.2) is 0 Å². The first-order valence-electron chi connectivity index (χ1n) is 12.5. The summed E-state index contributed by atoms with van der Waals surface area (Å²) < 4.78 is 21.5. The monoisotopic (exact) mass is 534 g/mol. The van der Waals surface area contributed by atoms with Crippen LogP contribution in [0.1, 0.15) is 64.2 Å². The van der Waals surface area contributed by atoms with Gasteiger partial charge in [-0.3, -0.25) is 4.79 Å². The second-order valence-corrected chi connectivity index (χ2v) is 8.69. The van der Waals surface area contributed by atoms with E-state index >= 15 is 0 Å². The topological polar surface area (TPSA) is 125 Å². The maximum absolute atomic E-state index is 12.5. The lowest BCUT2D eigenvalue weighted by molar-refractivity contribution is -0.148. The standard InChI is InChI=1S/C30H30O9/c1-3-20(2)28(33)37-19-5-4-18-36-24-12-8-22(9-13-24)29(34)39-26-16-10-23(11-17-26)30(35)38-25-14-6-21(7-15-25)27(31)32/h6-17,20H,3-5,18-19H2,1-2H3,(H,31,32). The number of ether oxygens (including phenoxy) is 4. The van der Waals surface area contributed by atoms with Gasteiger partial charge in [-0.05, 0) is 92.1 Å². The number of aromatic carboxylic acids is 1. The molecule has 0 aliphatic heterocycles. The Morgan fingerprint density at radius 2 is 1.10 bits per heavy atom. The molecule has 0 saturated heterocycles. The quantitative estimate of drug-likeness (QED) is 0.170. The molecular formula is C30H30O9. The molecule has 0 aromatic heterocycles. The van der Waals surface area contributed by atoms with Gasteiger partial charge in [-0.1, -0.05) is 13.8 Å². The predicted octanol–water partition coefficient (Wildman–Crippen LogP) is 5.57. The van der Waals surface area contributed by atoms with Crippen molar-refractivity contribution in [2.75, 3.05) is 13.2 Å². The van der Waals surface area contributed by atoms with Crippen molar-refractivity contribution >= 4 is 23.9 Å². The first-order valence-corrected chi connectivity index (χ1v) is 12.5. The number of esters is 3. The van der Waals surface area contributed by atoms with E-state index in [0.717, 1.165) is 12.8 Å². The van der Waals surface area contributed by atoms with E-state index in [0.29, 0.717) is 30.9 Å². The molecule has 0 aliphatic rings. The molecule has 39 heavy (non-hydrogen) atoms. The van der Waals surface area contributed by atoms with E-state index in [9.17, 15) is 19.2 Å². The van der Waals surface area contributed by atoms with Gasteiger partial charge in [-0.25, -0.2) is 14.4 Å². The van der Waals surface area contributed by atoms with E-state index < -0.39 is 17.9 Å². The summed E-state index contributed by atoms with van der Waals surface area (Å²) in [6, 6.07) is 17.8. The van der Waals surface area contributed by atoms with Crippen LogP contribution in [-0.4, -0.2) is 42.2 Å². The van der Waals surface area contributed by atoms with Crippen molar-refractivity contribution in [1.29, 1.82) is 0 Å². The van der Waals surface area contributed by atoms with Crippen LogP contribution in [0, 0.1) is 5.92 Å². The number of hydrogen-bond donors (Lipinski definition) is 1. The average molecular weight is 535 g/mol. The van der Waals surface area contributed by atoms with Crippen LogP contribution < -0.4 is 14.2 Å². The number of hydrogen-bond acceptors (Lipinski definition) is 8. The fourth-order valence-corrected chi connectivity index (χ4v) is 3.22. The molecule has 9 nitrogen and oxygen atoms in total. The summed E-state index contributed by atoms with van der Waals surface area (Å²) in [5.41, 5.74) is 0.636. The highest BCUT2D eigenvalue weighted by Crippen LogP contribution is 2.19. The van der Waals surface area contributed by atoms with Gasteiger partial charge in [0.25, 0.3) is 0 Å². The third kappa shape index (κ3) is 8.99. The van der Waals surface area contributed by atoms with Crippen molar-refractivity contribution < 1.29 is 43.2 Å². The Morgan fingerprint density at radius 3 is 1.56 bits per heavy atom. The highest BCUT2D eigenvalue weighted by atomic mass is 16.5. The summed E-state index contributed by atoms with van der Waals surface area (Å²) in [7, 11) is 0. The van der Waals surface area contributed by atoms with Crippen molar-refractivity contribution in [2.24, 2.45) is 5.92 Å². The molecule has 1 N–H and O–H groups in total. The summed E-state index contributed by atoms with van der Waals surface area (Å²) in [5.74, 6) is -1.50. The largest absolute Gasteiger partial charge is 0.494 e. The van der Waals surface area contributed by atoms with Crippen molar-refractivity contribution in [2.45, 2.75) is 33.1 Å². The first-order chi connectivity index (χ1) is 18.8. The zero-order chi connectivity index (χ0) is 28.2. The van der Waals surface area contributed by atoms with Gasteiger partial charge in [0, 0.05) is 0 Å². The molecule has 0 bridgehead atoms. The van der Waals surface area contributed by atoms with Gasteiger partial charge in [-0.15, -0.1) is 0 Å². The van der Waals surface area contributed by atoms with Gasteiger partial charge >= 0.3 is 23.9 Å². The maximum Gasteiger partial charge on any atom is 0.343 e. The Morgan fingerprint density at radius 1 is 0.667 bits per heavy atom. The zero-order valence-electron chi connectivity index (χ0n) is 21.8. The second-order valence-electron chi connectivity index (χ2n) is 8.69. The number of unbranched alkanes of at least 4 members (excludes halogenated alkanes) is 1. The van der Waals surface area contributed by atoms with Crippen LogP contribution in [-0.2, 0) is 9.53 Å². The van der Waals surface area contributed by atoms with E-state index in [1.165, 1.54) is 48.5 Å². The molecule has 204 valence electrons. The molecule has 0 radical (unpaired) electrons. The normalized spacial score (nSPS) is 11.2. The summed E-state index contributed by atoms with van der Waals surface area (Å²) >= 11 is 0. The molecule has 1 unspecified atom stereocenters. The Kier molecular flexibility index (Phi) is 10.6. The fourth-order valence-electron chi connectivity index (χ4n) is 3.22. The zero-order valence-corrected chi connectivity index (χ0v) is 21.8. The Balaban J connectivity index is 1.42. The molecule has 0 fully saturated rings. The molecular weight excluding hydrogens is 504 g/mol. The third-order valence-corrected chi connectivity index (χ3v) is 5.77. The minimum Gasteiger partial charge on any atom is -0.494 e. The van der Waals surface area contributed by atoms with Crippen LogP contribution in [0.4, 0.5) is 0 Å². The Labute approximate surface area is 226 Å². The van der Waals surface area contributed by atoms with Crippen molar-refractivity contribution in [3.63, 3.8) is 0 Å². The predicted molar refractivity (Wildman–Crippen MR) is 141 cm³/mol. The number of carboxylic acid groups (broad SMARTS) is 1. The lowest BCUT2D eigenvalue weighted by Crippen LogP contribution is -2.15. The highest BCUT2D eigenvalue weighted by molar-refractivity contribution is 5.93. The Bertz CT molecular complexity index is 1260. The molecule has 3 aromatic rings. The maximum atomic E-state index is 12.5. The number of carboxylic acids is 1. The molecule has 3 rings (SSSR count). The fraction of sp³-hybridized carbons (Fsp3) is 0.267. The SMILES string of the molecule is CCC(C)C(=O)OCCCCOc1ccc(C(=O)Oc2ccc(C(=O)Oc3ccc(C(=O)O)cc3)cc2)cc1. The third-order valence-electron chi connectivity index (χ3n) is 5.77. The van der Waals surface area contributed by atoms with Crippen LogP contribution >= 0.6 is 0 Å². The van der Waals surface area contributed by atoms with Crippen molar-refractivity contribution in [1.82, 2.24) is 0 Å². The molecule has 0 heterocycles. The minimum atomic E-state index is -1.08. The van der Waals surface area contributed by atoms with E-state index in [1.807, 2.05) is 13.8 Å². The molecule has 0 aliphatic carbocycles. The van der Waals surface area contributed by atoms with E-state index in [4.69, 9.17) is 24.1 Å². The first kappa shape index (κ1) is 28.9. The van der Waals surface area contributed by atoms with E-state index in [1.54, 1.807) is 24.3 Å². The molecule has 0 amide bonds. The molecule has 1 atom stereocenters. The molecule has 3 aromatic carbocycles. The van der Waals surface area contributed by atoms with Crippen LogP contribution in [0.3, 0.4) is 0 Å². The van der Waals surface area contributed by atoms with Crippen molar-refractivity contribution in [3.05, 3.63) is 89.5 Å². The van der Waals surface area contributed by atoms with E-state index in [2.05, 4.69) is 0 Å². The molecule has 0 spiro atoms. The van der Waals surface area contributed by atoms with Crippen LogP contribution in [0.15, 0.2) is 72.8 Å². The lowest BCUT2D eigenvalue weighted by Gasteiger charge is -2.10. The second kappa shape index (κ2) is 14.3. The lowest BCUT2D eigenvalue weighted by atomic mass is 10.1. The number of carbonyl (C=O) groups excluding carboxylic acids is 3. The number of carbonyl (C=O) groups is 4. The van der Waals surface area contributed by atoms with Crippen molar-refractivity contribution in [3.8, 4) is 17.2 Å².